The molecule has 224 valence electrons. The average Bonchev–Trinajstić information content (AvgIpc) is 3.29. The van der Waals surface area contributed by atoms with Crippen molar-refractivity contribution in [1.29, 1.82) is 0 Å². The molecule has 0 atom stereocenters. The van der Waals surface area contributed by atoms with Gasteiger partial charge in [0.1, 0.15) is 35.4 Å². The molecule has 0 radical (unpaired) electrons. The molecule has 5 rings (SSSR count). The second kappa shape index (κ2) is 13.2. The molecule has 0 fully saturated rings. The minimum atomic E-state index is -1.30. The Bertz CT molecular complexity index is 1720. The Morgan fingerprint density at radius 1 is 1.05 bits per heavy atom. The number of pyridine rings is 1. The summed E-state index contributed by atoms with van der Waals surface area (Å²) >= 11 is 6.35. The molecular weight excluding hydrogens is 582 g/mol. The van der Waals surface area contributed by atoms with Crippen LogP contribution < -0.4 is 10.5 Å². The van der Waals surface area contributed by atoms with Crippen LogP contribution in [0.3, 0.4) is 0 Å². The molecule has 0 spiro atoms. The second-order valence-electron chi connectivity index (χ2n) is 11.6. The first-order valence-corrected chi connectivity index (χ1v) is 18.3. The third-order valence-electron chi connectivity index (χ3n) is 7.03. The van der Waals surface area contributed by atoms with E-state index in [1.165, 1.54) is 6.33 Å². The van der Waals surface area contributed by atoms with E-state index in [-0.39, 0.29) is 19.3 Å². The van der Waals surface area contributed by atoms with Crippen LogP contribution in [-0.4, -0.2) is 55.9 Å². The van der Waals surface area contributed by atoms with Gasteiger partial charge in [-0.1, -0.05) is 43.4 Å². The minimum Gasteiger partial charge on any atom is -0.424 e. The zero-order valence-electron chi connectivity index (χ0n) is 24.8. The number of nitrogens with zero attached hydrogens (tertiary/aromatic N) is 6. The zero-order valence-corrected chi connectivity index (χ0v) is 26.6. The summed E-state index contributed by atoms with van der Waals surface area (Å²) in [6, 6.07) is 12.6. The Kier molecular flexibility index (Phi) is 9.36. The molecule has 4 aromatic heterocycles. The van der Waals surface area contributed by atoms with E-state index in [2.05, 4.69) is 44.6 Å². The monoisotopic (exact) mass is 617 g/mol. The quantitative estimate of drug-likeness (QED) is 0.0910. The van der Waals surface area contributed by atoms with Gasteiger partial charge in [0.15, 0.2) is 0 Å². The van der Waals surface area contributed by atoms with Gasteiger partial charge in [-0.3, -0.25) is 0 Å². The number of halogens is 1. The maximum absolute atomic E-state index is 9.63. The van der Waals surface area contributed by atoms with Crippen molar-refractivity contribution < 1.29 is 14.6 Å². The molecule has 0 amide bonds. The van der Waals surface area contributed by atoms with E-state index in [9.17, 15) is 5.11 Å². The van der Waals surface area contributed by atoms with Crippen LogP contribution in [0.15, 0.2) is 55.1 Å². The summed E-state index contributed by atoms with van der Waals surface area (Å²) in [7, 11) is -1.30. The standard InChI is InChI=1S/C31H36ClN7O3Si/c1-20-11-12-34-31(38-20)42-23-9-7-21(8-10-23)26-27-29(33)36-18-37-30(27)39(19-41-14-15-43(2,3)4)28(26)24-17-35-25(32)16-22(24)6-5-13-40/h7-12,16-18,40H,5-6,13-15,19H2,1-4H3,(H2,33,36,37). The fourth-order valence-electron chi connectivity index (χ4n) is 4.84. The lowest BCUT2D eigenvalue weighted by Crippen LogP contribution is -2.22. The number of rotatable bonds is 12. The van der Waals surface area contributed by atoms with Crippen molar-refractivity contribution in [2.24, 2.45) is 0 Å². The van der Waals surface area contributed by atoms with Crippen molar-refractivity contribution in [3.8, 4) is 34.1 Å². The molecule has 0 aliphatic carbocycles. The van der Waals surface area contributed by atoms with Gasteiger partial charge in [-0.15, -0.1) is 0 Å². The van der Waals surface area contributed by atoms with Gasteiger partial charge in [-0.05, 0) is 61.2 Å². The van der Waals surface area contributed by atoms with Gasteiger partial charge in [-0.2, -0.15) is 0 Å². The molecule has 43 heavy (non-hydrogen) atoms. The molecule has 0 saturated carbocycles. The normalized spacial score (nSPS) is 11.8. The van der Waals surface area contributed by atoms with Gasteiger partial charge in [0, 0.05) is 50.5 Å². The fourth-order valence-corrected chi connectivity index (χ4v) is 5.78. The largest absolute Gasteiger partial charge is 0.424 e. The number of hydrogen-bond acceptors (Lipinski definition) is 9. The highest BCUT2D eigenvalue weighted by Gasteiger charge is 2.26. The summed E-state index contributed by atoms with van der Waals surface area (Å²) in [4.78, 5) is 22.0. The predicted molar refractivity (Wildman–Crippen MR) is 172 cm³/mol. The van der Waals surface area contributed by atoms with Crippen LogP contribution in [-0.2, 0) is 17.9 Å². The van der Waals surface area contributed by atoms with Crippen molar-refractivity contribution in [2.45, 2.75) is 52.2 Å². The molecule has 0 aliphatic heterocycles. The smallest absolute Gasteiger partial charge is 0.322 e. The molecule has 4 heterocycles. The summed E-state index contributed by atoms with van der Waals surface area (Å²) in [5.74, 6) is 0.949. The van der Waals surface area contributed by atoms with Gasteiger partial charge in [0.2, 0.25) is 0 Å². The highest BCUT2D eigenvalue weighted by molar-refractivity contribution is 6.76. The zero-order chi connectivity index (χ0) is 30.6. The minimum absolute atomic E-state index is 0.0551. The Morgan fingerprint density at radius 2 is 1.84 bits per heavy atom. The summed E-state index contributed by atoms with van der Waals surface area (Å²) in [6.07, 6.45) is 6.08. The van der Waals surface area contributed by atoms with Crippen LogP contribution in [0.1, 0.15) is 17.7 Å². The first-order chi connectivity index (χ1) is 20.6. The van der Waals surface area contributed by atoms with E-state index in [1.54, 1.807) is 12.4 Å². The Morgan fingerprint density at radius 3 is 2.56 bits per heavy atom. The second-order valence-corrected chi connectivity index (χ2v) is 17.6. The number of fused-ring (bicyclic) bond motifs is 1. The molecule has 1 aromatic carbocycles. The SMILES string of the molecule is Cc1ccnc(Oc2ccc(-c3c(-c4cnc(Cl)cc4CCCO)n(COCC[Si](C)(C)C)c4ncnc(N)c34)cc2)n1. The Labute approximate surface area is 256 Å². The van der Waals surface area contributed by atoms with Crippen molar-refractivity contribution in [1.82, 2.24) is 29.5 Å². The molecule has 12 heteroatoms. The summed E-state index contributed by atoms with van der Waals surface area (Å²) < 4.78 is 14.2. The number of aliphatic hydroxyl groups is 1. The van der Waals surface area contributed by atoms with Crippen molar-refractivity contribution in [3.63, 3.8) is 0 Å². The van der Waals surface area contributed by atoms with E-state index in [1.807, 2.05) is 47.9 Å². The first kappa shape index (κ1) is 30.6. The topological polar surface area (TPSA) is 134 Å². The highest BCUT2D eigenvalue weighted by atomic mass is 35.5. The number of nitrogens with two attached hydrogens (primary N) is 1. The maximum Gasteiger partial charge on any atom is 0.322 e. The third kappa shape index (κ3) is 7.19. The number of benzene rings is 1. The van der Waals surface area contributed by atoms with Crippen LogP contribution in [0, 0.1) is 6.92 Å². The molecule has 10 nitrogen and oxygen atoms in total. The summed E-state index contributed by atoms with van der Waals surface area (Å²) in [6.45, 7) is 9.81. The van der Waals surface area contributed by atoms with Crippen LogP contribution in [0.25, 0.3) is 33.4 Å². The van der Waals surface area contributed by atoms with Crippen LogP contribution >= 0.6 is 11.6 Å². The van der Waals surface area contributed by atoms with E-state index < -0.39 is 8.07 Å². The Balaban J connectivity index is 1.67. The number of aryl methyl sites for hydroxylation is 2. The van der Waals surface area contributed by atoms with Crippen molar-refractivity contribution in [3.05, 3.63) is 71.5 Å². The van der Waals surface area contributed by atoms with Crippen LogP contribution in [0.2, 0.25) is 30.8 Å². The number of ether oxygens (including phenoxy) is 2. The van der Waals surface area contributed by atoms with Gasteiger partial charge in [0.25, 0.3) is 0 Å². The Hall–Kier alpha value is -3.90. The highest BCUT2D eigenvalue weighted by Crippen LogP contribution is 2.44. The predicted octanol–water partition coefficient (Wildman–Crippen LogP) is 6.52. The van der Waals surface area contributed by atoms with E-state index in [0.717, 1.165) is 39.7 Å². The first-order valence-electron chi connectivity index (χ1n) is 14.2. The van der Waals surface area contributed by atoms with E-state index >= 15 is 0 Å². The number of nitrogen functional groups attached to an aromatic ring is 1. The lowest BCUT2D eigenvalue weighted by atomic mass is 9.95. The van der Waals surface area contributed by atoms with Crippen molar-refractivity contribution >= 4 is 36.5 Å². The third-order valence-corrected chi connectivity index (χ3v) is 8.94. The lowest BCUT2D eigenvalue weighted by Gasteiger charge is -2.18. The van der Waals surface area contributed by atoms with Gasteiger partial charge >= 0.3 is 6.01 Å². The van der Waals surface area contributed by atoms with Crippen molar-refractivity contribution in [2.75, 3.05) is 18.9 Å². The molecular formula is C31H36ClN7O3Si. The molecule has 5 aromatic rings. The molecule has 0 unspecified atom stereocenters. The molecule has 0 aliphatic rings. The average molecular weight is 618 g/mol. The molecule has 3 N–H and O–H groups in total. The number of aliphatic hydroxyl groups excluding tert-OH is 1. The summed E-state index contributed by atoms with van der Waals surface area (Å²) in [5, 5.41) is 10.7. The lowest BCUT2D eigenvalue weighted by molar-refractivity contribution is 0.0909. The van der Waals surface area contributed by atoms with E-state index in [4.69, 9.17) is 26.8 Å². The van der Waals surface area contributed by atoms with E-state index in [0.29, 0.717) is 47.2 Å². The van der Waals surface area contributed by atoms with Crippen LogP contribution in [0.4, 0.5) is 5.82 Å². The fraction of sp³-hybridized carbons (Fsp3) is 0.323. The number of hydrogen-bond donors (Lipinski definition) is 2. The molecule has 0 bridgehead atoms. The van der Waals surface area contributed by atoms with Gasteiger partial charge in [0.05, 0.1) is 11.1 Å². The number of aromatic nitrogens is 6. The van der Waals surface area contributed by atoms with Gasteiger partial charge in [-0.25, -0.2) is 24.9 Å². The summed E-state index contributed by atoms with van der Waals surface area (Å²) in [5.41, 5.74) is 12.4. The molecule has 0 saturated heterocycles. The maximum atomic E-state index is 9.63. The van der Waals surface area contributed by atoms with Crippen LogP contribution in [0.5, 0.6) is 11.8 Å². The van der Waals surface area contributed by atoms with Gasteiger partial charge < -0.3 is 24.9 Å². The number of anilines is 1.